The molecule has 1 N–H and O–H groups in total. The number of hydrogen-bond donors (Lipinski definition) is 1. The Balaban J connectivity index is 2.09. The predicted molar refractivity (Wildman–Crippen MR) is 83.4 cm³/mol. The molecule has 2 heteroatoms. The van der Waals surface area contributed by atoms with Gasteiger partial charge in [-0.05, 0) is 31.5 Å². The molecule has 1 unspecified atom stereocenters. The lowest BCUT2D eigenvalue weighted by molar-refractivity contribution is 0.478. The second-order valence-corrected chi connectivity index (χ2v) is 5.46. The minimum Gasteiger partial charge on any atom is -0.317 e. The molecule has 0 bridgehead atoms. The zero-order valence-corrected chi connectivity index (χ0v) is 12.7. The molecule has 1 atom stereocenters. The number of hydrogen-bond acceptors (Lipinski definition) is 2. The Morgan fingerprint density at radius 1 is 1.11 bits per heavy atom. The Kier molecular flexibility index (Phi) is 9.34. The van der Waals surface area contributed by atoms with Gasteiger partial charge in [0.25, 0.3) is 0 Å². The van der Waals surface area contributed by atoms with Crippen molar-refractivity contribution in [3.05, 3.63) is 30.1 Å². The van der Waals surface area contributed by atoms with Gasteiger partial charge in [0.1, 0.15) is 0 Å². The van der Waals surface area contributed by atoms with E-state index in [2.05, 4.69) is 30.3 Å². The zero-order chi connectivity index (χ0) is 13.8. The first-order valence-electron chi connectivity index (χ1n) is 7.93. The van der Waals surface area contributed by atoms with Crippen LogP contribution in [0.5, 0.6) is 0 Å². The van der Waals surface area contributed by atoms with Crippen LogP contribution < -0.4 is 5.32 Å². The Hall–Kier alpha value is -0.890. The van der Waals surface area contributed by atoms with Crippen LogP contribution in [0.2, 0.25) is 0 Å². The molecule has 0 fully saturated rings. The Morgan fingerprint density at radius 2 is 1.84 bits per heavy atom. The van der Waals surface area contributed by atoms with Gasteiger partial charge in [-0.25, -0.2) is 0 Å². The van der Waals surface area contributed by atoms with E-state index in [0.29, 0.717) is 6.04 Å². The summed E-state index contributed by atoms with van der Waals surface area (Å²) in [7, 11) is 2.07. The maximum Gasteiger partial charge on any atom is 0.0300 e. The molecule has 0 aliphatic rings. The van der Waals surface area contributed by atoms with Crippen molar-refractivity contribution in [3.8, 4) is 0 Å². The van der Waals surface area contributed by atoms with Crippen LogP contribution in [0.3, 0.4) is 0 Å². The van der Waals surface area contributed by atoms with Crippen LogP contribution in [0.25, 0.3) is 0 Å². The molecular formula is C17H30N2. The largest absolute Gasteiger partial charge is 0.317 e. The fourth-order valence-corrected chi connectivity index (χ4v) is 2.50. The van der Waals surface area contributed by atoms with Crippen LogP contribution >= 0.6 is 0 Å². The SMILES string of the molecule is CCCCCCCCCC(Cc1cccnc1)NC. The minimum absolute atomic E-state index is 0.597. The third-order valence-corrected chi connectivity index (χ3v) is 3.77. The average Bonchev–Trinajstić information content (AvgIpc) is 2.46. The highest BCUT2D eigenvalue weighted by atomic mass is 14.9. The summed E-state index contributed by atoms with van der Waals surface area (Å²) in [5.74, 6) is 0. The van der Waals surface area contributed by atoms with Crippen LogP contribution in [0, 0.1) is 0 Å². The number of unbranched alkanes of at least 4 members (excludes halogenated alkanes) is 6. The van der Waals surface area contributed by atoms with Gasteiger partial charge in [-0.15, -0.1) is 0 Å². The van der Waals surface area contributed by atoms with E-state index in [1.165, 1.54) is 56.9 Å². The maximum absolute atomic E-state index is 4.18. The number of pyridine rings is 1. The highest BCUT2D eigenvalue weighted by molar-refractivity contribution is 5.10. The van der Waals surface area contributed by atoms with E-state index in [4.69, 9.17) is 0 Å². The van der Waals surface area contributed by atoms with Crippen molar-refractivity contribution < 1.29 is 0 Å². The van der Waals surface area contributed by atoms with Gasteiger partial charge in [0.2, 0.25) is 0 Å². The molecule has 0 aromatic carbocycles. The molecule has 0 aliphatic carbocycles. The fraction of sp³-hybridized carbons (Fsp3) is 0.706. The quantitative estimate of drug-likeness (QED) is 0.600. The Labute approximate surface area is 119 Å². The Morgan fingerprint density at radius 3 is 2.47 bits per heavy atom. The molecule has 19 heavy (non-hydrogen) atoms. The molecule has 0 amide bonds. The van der Waals surface area contributed by atoms with Gasteiger partial charge >= 0.3 is 0 Å². The first-order chi connectivity index (χ1) is 9.36. The molecule has 1 aromatic heterocycles. The monoisotopic (exact) mass is 262 g/mol. The smallest absolute Gasteiger partial charge is 0.0300 e. The van der Waals surface area contributed by atoms with Gasteiger partial charge in [-0.2, -0.15) is 0 Å². The number of rotatable bonds is 11. The van der Waals surface area contributed by atoms with Crippen molar-refractivity contribution in [1.29, 1.82) is 0 Å². The molecule has 0 spiro atoms. The second-order valence-electron chi connectivity index (χ2n) is 5.46. The number of likely N-dealkylation sites (N-methyl/N-ethyl adjacent to an activating group) is 1. The standard InChI is InChI=1S/C17H30N2/c1-3-4-5-6-7-8-9-12-17(18-2)14-16-11-10-13-19-15-16/h10-11,13,15,17-18H,3-9,12,14H2,1-2H3. The van der Waals surface area contributed by atoms with E-state index in [0.717, 1.165) is 6.42 Å². The third-order valence-electron chi connectivity index (χ3n) is 3.77. The van der Waals surface area contributed by atoms with E-state index in [1.54, 1.807) is 0 Å². The topological polar surface area (TPSA) is 24.9 Å². The van der Waals surface area contributed by atoms with Gasteiger partial charge in [-0.3, -0.25) is 4.98 Å². The third kappa shape index (κ3) is 7.99. The molecule has 1 aromatic rings. The molecule has 2 nitrogen and oxygen atoms in total. The highest BCUT2D eigenvalue weighted by Crippen LogP contribution is 2.12. The van der Waals surface area contributed by atoms with Gasteiger partial charge in [-0.1, -0.05) is 57.9 Å². The van der Waals surface area contributed by atoms with Crippen molar-refractivity contribution in [2.75, 3.05) is 7.05 Å². The summed E-state index contributed by atoms with van der Waals surface area (Å²) in [6.45, 7) is 2.27. The summed E-state index contributed by atoms with van der Waals surface area (Å²) in [4.78, 5) is 4.18. The summed E-state index contributed by atoms with van der Waals surface area (Å²) in [6.07, 6.45) is 15.9. The molecule has 108 valence electrons. The molecule has 0 aliphatic heterocycles. The van der Waals surface area contributed by atoms with Crippen molar-refractivity contribution in [3.63, 3.8) is 0 Å². The van der Waals surface area contributed by atoms with Crippen molar-refractivity contribution in [1.82, 2.24) is 10.3 Å². The summed E-state index contributed by atoms with van der Waals surface area (Å²) in [5, 5.41) is 3.43. The molecule has 1 heterocycles. The lowest BCUT2D eigenvalue weighted by Gasteiger charge is -2.15. The number of nitrogens with zero attached hydrogens (tertiary/aromatic N) is 1. The minimum atomic E-state index is 0.597. The highest BCUT2D eigenvalue weighted by Gasteiger charge is 2.06. The van der Waals surface area contributed by atoms with Crippen LogP contribution in [0.1, 0.15) is 63.9 Å². The van der Waals surface area contributed by atoms with Crippen LogP contribution in [0.4, 0.5) is 0 Å². The maximum atomic E-state index is 4.18. The van der Waals surface area contributed by atoms with Gasteiger partial charge in [0.15, 0.2) is 0 Å². The first-order valence-corrected chi connectivity index (χ1v) is 7.93. The Bertz CT molecular complexity index is 297. The second kappa shape index (κ2) is 11.0. The van der Waals surface area contributed by atoms with Crippen LogP contribution in [-0.2, 0) is 6.42 Å². The molecule has 0 radical (unpaired) electrons. The van der Waals surface area contributed by atoms with Crippen molar-refractivity contribution >= 4 is 0 Å². The van der Waals surface area contributed by atoms with Crippen molar-refractivity contribution in [2.24, 2.45) is 0 Å². The van der Waals surface area contributed by atoms with E-state index in [1.807, 2.05) is 18.5 Å². The van der Waals surface area contributed by atoms with Crippen molar-refractivity contribution in [2.45, 2.75) is 70.8 Å². The number of aromatic nitrogens is 1. The molecule has 1 rings (SSSR count). The van der Waals surface area contributed by atoms with Crippen LogP contribution in [-0.4, -0.2) is 18.1 Å². The fourth-order valence-electron chi connectivity index (χ4n) is 2.50. The summed E-state index contributed by atoms with van der Waals surface area (Å²) < 4.78 is 0. The zero-order valence-electron chi connectivity index (χ0n) is 12.7. The molecular weight excluding hydrogens is 232 g/mol. The molecule has 0 saturated carbocycles. The summed E-state index contributed by atoms with van der Waals surface area (Å²) in [6, 6.07) is 4.79. The van der Waals surface area contributed by atoms with E-state index < -0.39 is 0 Å². The van der Waals surface area contributed by atoms with E-state index in [9.17, 15) is 0 Å². The lowest BCUT2D eigenvalue weighted by Crippen LogP contribution is -2.27. The van der Waals surface area contributed by atoms with Crippen LogP contribution in [0.15, 0.2) is 24.5 Å². The van der Waals surface area contributed by atoms with E-state index >= 15 is 0 Å². The van der Waals surface area contributed by atoms with Gasteiger partial charge < -0.3 is 5.32 Å². The normalized spacial score (nSPS) is 12.5. The molecule has 0 saturated heterocycles. The van der Waals surface area contributed by atoms with E-state index in [-0.39, 0.29) is 0 Å². The summed E-state index contributed by atoms with van der Waals surface area (Å²) in [5.41, 5.74) is 1.34. The summed E-state index contributed by atoms with van der Waals surface area (Å²) >= 11 is 0. The average molecular weight is 262 g/mol. The number of nitrogens with one attached hydrogen (secondary N) is 1. The van der Waals surface area contributed by atoms with Gasteiger partial charge in [0, 0.05) is 18.4 Å². The lowest BCUT2D eigenvalue weighted by atomic mass is 10.0. The first kappa shape index (κ1) is 16.2. The van der Waals surface area contributed by atoms with Gasteiger partial charge in [0.05, 0.1) is 0 Å². The predicted octanol–water partition coefficient (Wildman–Crippen LogP) is 4.35.